The largest absolute Gasteiger partial charge is 0.497 e. The molecule has 0 fully saturated rings. The van der Waals surface area contributed by atoms with Crippen molar-refractivity contribution in [3.63, 3.8) is 0 Å². The van der Waals surface area contributed by atoms with Crippen LogP contribution in [0, 0.1) is 6.92 Å². The lowest BCUT2D eigenvalue weighted by Gasteiger charge is -2.29. The Hall–Kier alpha value is -1.52. The molecule has 0 aliphatic carbocycles. The van der Waals surface area contributed by atoms with Crippen molar-refractivity contribution >= 4 is 11.6 Å². The van der Waals surface area contributed by atoms with Gasteiger partial charge < -0.3 is 4.74 Å². The quantitative estimate of drug-likeness (QED) is 0.945. The van der Waals surface area contributed by atoms with Crippen LogP contribution >= 0.6 is 11.6 Å². The molecule has 1 N–H and O–H groups in total. The summed E-state index contributed by atoms with van der Waals surface area (Å²) in [5.41, 5.74) is 4.91. The van der Waals surface area contributed by atoms with Crippen LogP contribution in [0.15, 0.2) is 18.2 Å². The van der Waals surface area contributed by atoms with E-state index < -0.39 is 0 Å². The minimum absolute atomic E-state index is 0.586. The van der Waals surface area contributed by atoms with E-state index in [-0.39, 0.29) is 0 Å². The number of nitrogens with zero attached hydrogens (tertiary/aromatic N) is 2. The van der Waals surface area contributed by atoms with Crippen LogP contribution in [-0.2, 0) is 19.5 Å². The number of halogens is 1. The molecule has 1 aliphatic heterocycles. The molecule has 20 heavy (non-hydrogen) atoms. The average molecular weight is 292 g/mol. The molecule has 0 atom stereocenters. The van der Waals surface area contributed by atoms with Crippen molar-refractivity contribution in [2.45, 2.75) is 26.4 Å². The molecule has 0 unspecified atom stereocenters. The summed E-state index contributed by atoms with van der Waals surface area (Å²) >= 11 is 6.12. The Morgan fingerprint density at radius 1 is 1.40 bits per heavy atom. The maximum atomic E-state index is 6.12. The molecule has 0 radical (unpaired) electrons. The highest BCUT2D eigenvalue weighted by Crippen LogP contribution is 2.26. The Kier molecular flexibility index (Phi) is 3.68. The first-order chi connectivity index (χ1) is 9.67. The summed E-state index contributed by atoms with van der Waals surface area (Å²) < 4.78 is 5.28. The number of rotatable bonds is 3. The van der Waals surface area contributed by atoms with Crippen LogP contribution in [0.3, 0.4) is 0 Å². The lowest BCUT2D eigenvalue weighted by Crippen LogP contribution is -2.30. The van der Waals surface area contributed by atoms with Crippen LogP contribution in [0.4, 0.5) is 0 Å². The van der Waals surface area contributed by atoms with Gasteiger partial charge in [0, 0.05) is 30.9 Å². The van der Waals surface area contributed by atoms with Crippen molar-refractivity contribution in [2.75, 3.05) is 13.7 Å². The molecule has 1 aromatic heterocycles. The van der Waals surface area contributed by atoms with Crippen molar-refractivity contribution < 1.29 is 4.74 Å². The predicted molar refractivity (Wildman–Crippen MR) is 79.1 cm³/mol. The number of ether oxygens (including phenoxy) is 1. The van der Waals surface area contributed by atoms with Crippen molar-refractivity contribution in [3.05, 3.63) is 45.7 Å². The van der Waals surface area contributed by atoms with Crippen LogP contribution in [0.25, 0.3) is 0 Å². The number of hydrogen-bond donors (Lipinski definition) is 1. The van der Waals surface area contributed by atoms with Gasteiger partial charge in [-0.15, -0.1) is 0 Å². The van der Waals surface area contributed by atoms with Gasteiger partial charge in [0.2, 0.25) is 0 Å². The number of H-pyrrole nitrogens is 1. The number of methoxy groups -OCH3 is 1. The third-order valence-electron chi connectivity index (χ3n) is 3.91. The van der Waals surface area contributed by atoms with Gasteiger partial charge in [0.1, 0.15) is 5.75 Å². The van der Waals surface area contributed by atoms with Gasteiger partial charge in [-0.3, -0.25) is 10.00 Å². The number of aryl methyl sites for hydroxylation is 1. The Labute approximate surface area is 123 Å². The Morgan fingerprint density at radius 3 is 2.95 bits per heavy atom. The summed E-state index contributed by atoms with van der Waals surface area (Å²) in [5, 5.41) is 7.57. The molecule has 4 nitrogen and oxygen atoms in total. The number of benzene rings is 1. The maximum Gasteiger partial charge on any atom is 0.155 e. The molecule has 1 aromatic carbocycles. The standard InChI is InChI=1S/C15H18ClN3O/c1-10-14(15(16)18-17-10)9-19-6-5-11-7-13(20-2)4-3-12(11)8-19/h3-4,7H,5-6,8-9H2,1-2H3,(H,17,18). The zero-order valence-electron chi connectivity index (χ0n) is 11.7. The normalized spacial score (nSPS) is 15.2. The van der Waals surface area contributed by atoms with Crippen LogP contribution in [0.1, 0.15) is 22.4 Å². The summed E-state index contributed by atoms with van der Waals surface area (Å²) in [6.07, 6.45) is 1.04. The highest BCUT2D eigenvalue weighted by molar-refractivity contribution is 6.30. The van der Waals surface area contributed by atoms with Crippen molar-refractivity contribution in [3.8, 4) is 5.75 Å². The minimum atomic E-state index is 0.586. The smallest absolute Gasteiger partial charge is 0.155 e. The van der Waals surface area contributed by atoms with Gasteiger partial charge in [-0.1, -0.05) is 17.7 Å². The number of nitrogens with one attached hydrogen (secondary N) is 1. The Morgan fingerprint density at radius 2 is 2.25 bits per heavy atom. The lowest BCUT2D eigenvalue weighted by molar-refractivity contribution is 0.245. The van der Waals surface area contributed by atoms with E-state index in [1.807, 2.05) is 13.0 Å². The third kappa shape index (κ3) is 2.53. The summed E-state index contributed by atoms with van der Waals surface area (Å²) in [7, 11) is 1.71. The summed E-state index contributed by atoms with van der Waals surface area (Å²) in [6.45, 7) is 4.82. The molecule has 0 saturated carbocycles. The van der Waals surface area contributed by atoms with Crippen molar-refractivity contribution in [1.82, 2.24) is 15.1 Å². The van der Waals surface area contributed by atoms with Crippen LogP contribution < -0.4 is 4.74 Å². The fraction of sp³-hybridized carbons (Fsp3) is 0.400. The number of fused-ring (bicyclic) bond motifs is 1. The van der Waals surface area contributed by atoms with E-state index in [1.54, 1.807) is 7.11 Å². The minimum Gasteiger partial charge on any atom is -0.497 e. The van der Waals surface area contributed by atoms with Gasteiger partial charge >= 0.3 is 0 Å². The van der Waals surface area contributed by atoms with E-state index in [2.05, 4.69) is 27.2 Å². The maximum absolute atomic E-state index is 6.12. The molecule has 0 bridgehead atoms. The highest BCUT2D eigenvalue weighted by Gasteiger charge is 2.19. The lowest BCUT2D eigenvalue weighted by atomic mass is 9.99. The van der Waals surface area contributed by atoms with E-state index in [0.717, 1.165) is 43.1 Å². The summed E-state index contributed by atoms with van der Waals surface area (Å²) in [6, 6.07) is 6.32. The van der Waals surface area contributed by atoms with Gasteiger partial charge in [-0.05, 0) is 36.6 Å². The summed E-state index contributed by atoms with van der Waals surface area (Å²) in [4.78, 5) is 2.40. The second-order valence-corrected chi connectivity index (χ2v) is 5.57. The van der Waals surface area contributed by atoms with E-state index in [1.165, 1.54) is 11.1 Å². The van der Waals surface area contributed by atoms with Gasteiger partial charge in [0.05, 0.1) is 7.11 Å². The zero-order chi connectivity index (χ0) is 14.1. The second kappa shape index (κ2) is 5.46. The van der Waals surface area contributed by atoms with Crippen LogP contribution in [-0.4, -0.2) is 28.8 Å². The van der Waals surface area contributed by atoms with Crippen LogP contribution in [0.2, 0.25) is 5.15 Å². The zero-order valence-corrected chi connectivity index (χ0v) is 12.5. The topological polar surface area (TPSA) is 41.1 Å². The molecule has 5 heteroatoms. The molecule has 0 amide bonds. The molecule has 106 valence electrons. The molecule has 0 saturated heterocycles. The molecule has 0 spiro atoms. The molecule has 2 heterocycles. The van der Waals surface area contributed by atoms with Crippen LogP contribution in [0.5, 0.6) is 5.75 Å². The fourth-order valence-corrected chi connectivity index (χ4v) is 2.92. The highest BCUT2D eigenvalue weighted by atomic mass is 35.5. The first-order valence-electron chi connectivity index (χ1n) is 6.75. The number of aromatic nitrogens is 2. The molecule has 1 aliphatic rings. The third-order valence-corrected chi connectivity index (χ3v) is 4.22. The molecular formula is C15H18ClN3O. The first kappa shape index (κ1) is 13.5. The Bertz CT molecular complexity index is 604. The van der Waals surface area contributed by atoms with Crippen molar-refractivity contribution in [1.29, 1.82) is 0 Å². The van der Waals surface area contributed by atoms with Gasteiger partial charge in [-0.2, -0.15) is 5.10 Å². The van der Waals surface area contributed by atoms with Crippen molar-refractivity contribution in [2.24, 2.45) is 0 Å². The number of aromatic amines is 1. The molecular weight excluding hydrogens is 274 g/mol. The van der Waals surface area contributed by atoms with E-state index >= 15 is 0 Å². The van der Waals surface area contributed by atoms with E-state index in [4.69, 9.17) is 16.3 Å². The van der Waals surface area contributed by atoms with Gasteiger partial charge in [-0.25, -0.2) is 0 Å². The Balaban J connectivity index is 1.76. The molecule has 2 aromatic rings. The average Bonchev–Trinajstić information content (AvgIpc) is 2.78. The van der Waals surface area contributed by atoms with E-state index in [9.17, 15) is 0 Å². The number of hydrogen-bond acceptors (Lipinski definition) is 3. The first-order valence-corrected chi connectivity index (χ1v) is 7.12. The molecule has 3 rings (SSSR count). The summed E-state index contributed by atoms with van der Waals surface area (Å²) in [5.74, 6) is 0.936. The van der Waals surface area contributed by atoms with E-state index in [0.29, 0.717) is 5.15 Å². The van der Waals surface area contributed by atoms with Gasteiger partial charge in [0.15, 0.2) is 5.15 Å². The SMILES string of the molecule is COc1ccc2c(c1)CCN(Cc1c(Cl)n[nH]c1C)C2. The van der Waals surface area contributed by atoms with Gasteiger partial charge in [0.25, 0.3) is 0 Å². The fourth-order valence-electron chi connectivity index (χ4n) is 2.68. The monoisotopic (exact) mass is 291 g/mol. The predicted octanol–water partition coefficient (Wildman–Crippen LogP) is 2.94. The second-order valence-electron chi connectivity index (χ2n) is 5.21.